The van der Waals surface area contributed by atoms with Crippen LogP contribution in [0.5, 0.6) is 0 Å². The van der Waals surface area contributed by atoms with E-state index in [-0.39, 0.29) is 5.41 Å². The van der Waals surface area contributed by atoms with Crippen molar-refractivity contribution < 1.29 is 9.52 Å². The van der Waals surface area contributed by atoms with Crippen LogP contribution in [0.3, 0.4) is 0 Å². The number of aliphatic hydroxyl groups excluding tert-OH is 1. The summed E-state index contributed by atoms with van der Waals surface area (Å²) in [7, 11) is 0. The maximum Gasteiger partial charge on any atom is 0.133 e. The van der Waals surface area contributed by atoms with Gasteiger partial charge in [0.25, 0.3) is 0 Å². The Labute approximate surface area is 127 Å². The average molecular weight is 291 g/mol. The molecule has 0 radical (unpaired) electrons. The summed E-state index contributed by atoms with van der Waals surface area (Å²) in [6, 6.07) is 4.02. The molecular formula is C18H29NO2. The lowest BCUT2D eigenvalue weighted by atomic mass is 9.66. The first-order valence-corrected chi connectivity index (χ1v) is 8.57. The van der Waals surface area contributed by atoms with E-state index in [4.69, 9.17) is 10.2 Å². The summed E-state index contributed by atoms with van der Waals surface area (Å²) in [6.07, 6.45) is 6.28. The zero-order chi connectivity index (χ0) is 15.0. The van der Waals surface area contributed by atoms with Crippen LogP contribution in [0.25, 0.3) is 0 Å². The highest BCUT2D eigenvalue weighted by Crippen LogP contribution is 2.50. The number of hydrogen-bond donors (Lipinski definition) is 2. The van der Waals surface area contributed by atoms with Crippen LogP contribution < -0.4 is 5.73 Å². The second-order valence-electron chi connectivity index (χ2n) is 7.38. The van der Waals surface area contributed by atoms with E-state index in [1.54, 1.807) is 0 Å². The standard InChI is InChI=1S/C18H29NO2/c1-3-13-6-8-18(11-19,9-7-13)17(20)16-5-4-15(21-16)14-10-12(14)2/h4-5,12-14,17,20H,3,6-11,19H2,1-2H3. The molecular weight excluding hydrogens is 262 g/mol. The van der Waals surface area contributed by atoms with Gasteiger partial charge in [0.05, 0.1) is 0 Å². The summed E-state index contributed by atoms with van der Waals surface area (Å²) in [5, 5.41) is 10.9. The molecule has 3 unspecified atom stereocenters. The van der Waals surface area contributed by atoms with Gasteiger partial charge in [-0.05, 0) is 56.1 Å². The molecule has 1 heterocycles. The Kier molecular flexibility index (Phi) is 4.15. The highest BCUT2D eigenvalue weighted by molar-refractivity contribution is 5.20. The molecule has 0 aliphatic heterocycles. The van der Waals surface area contributed by atoms with Crippen molar-refractivity contribution in [3.8, 4) is 0 Å². The van der Waals surface area contributed by atoms with E-state index in [0.717, 1.165) is 36.2 Å². The predicted molar refractivity (Wildman–Crippen MR) is 83.9 cm³/mol. The predicted octanol–water partition coefficient (Wildman–Crippen LogP) is 3.98. The van der Waals surface area contributed by atoms with E-state index >= 15 is 0 Å². The fraction of sp³-hybridized carbons (Fsp3) is 0.778. The quantitative estimate of drug-likeness (QED) is 0.862. The first-order chi connectivity index (χ1) is 10.1. The molecule has 3 N–H and O–H groups in total. The molecule has 2 fully saturated rings. The summed E-state index contributed by atoms with van der Waals surface area (Å²) in [4.78, 5) is 0. The van der Waals surface area contributed by atoms with Gasteiger partial charge in [0.1, 0.15) is 17.6 Å². The maximum atomic E-state index is 10.9. The van der Waals surface area contributed by atoms with E-state index < -0.39 is 6.10 Å². The molecule has 21 heavy (non-hydrogen) atoms. The zero-order valence-electron chi connectivity index (χ0n) is 13.3. The Balaban J connectivity index is 1.73. The highest BCUT2D eigenvalue weighted by atomic mass is 16.4. The van der Waals surface area contributed by atoms with Gasteiger partial charge < -0.3 is 15.3 Å². The Morgan fingerprint density at radius 3 is 2.57 bits per heavy atom. The summed E-state index contributed by atoms with van der Waals surface area (Å²) in [6.45, 7) is 5.04. The minimum Gasteiger partial charge on any atom is -0.463 e. The Morgan fingerprint density at radius 2 is 2.05 bits per heavy atom. The lowest BCUT2D eigenvalue weighted by Crippen LogP contribution is -2.40. The van der Waals surface area contributed by atoms with Crippen LogP contribution in [0.4, 0.5) is 0 Å². The fourth-order valence-corrected chi connectivity index (χ4v) is 3.98. The maximum absolute atomic E-state index is 10.9. The van der Waals surface area contributed by atoms with Crippen LogP contribution in [0.2, 0.25) is 0 Å². The molecule has 1 aromatic heterocycles. The monoisotopic (exact) mass is 291 g/mol. The lowest BCUT2D eigenvalue weighted by molar-refractivity contribution is -0.0235. The summed E-state index contributed by atoms with van der Waals surface area (Å²) >= 11 is 0. The van der Waals surface area contributed by atoms with Gasteiger partial charge >= 0.3 is 0 Å². The molecule has 2 aliphatic rings. The minimum atomic E-state index is -0.553. The summed E-state index contributed by atoms with van der Waals surface area (Å²) in [5.41, 5.74) is 5.88. The van der Waals surface area contributed by atoms with Crippen molar-refractivity contribution in [1.29, 1.82) is 0 Å². The van der Waals surface area contributed by atoms with Crippen molar-refractivity contribution in [2.45, 2.75) is 64.4 Å². The fourth-order valence-electron chi connectivity index (χ4n) is 3.98. The van der Waals surface area contributed by atoms with Crippen LogP contribution >= 0.6 is 0 Å². The van der Waals surface area contributed by atoms with Gasteiger partial charge in [-0.2, -0.15) is 0 Å². The van der Waals surface area contributed by atoms with Crippen LogP contribution in [0.15, 0.2) is 16.5 Å². The molecule has 1 aromatic rings. The molecule has 2 aliphatic carbocycles. The Morgan fingerprint density at radius 1 is 1.38 bits per heavy atom. The third-order valence-electron chi connectivity index (χ3n) is 6.06. The molecule has 0 amide bonds. The SMILES string of the molecule is CCC1CCC(CN)(C(O)c2ccc(C3CC3C)o2)CC1. The highest BCUT2D eigenvalue weighted by Gasteiger charge is 2.43. The van der Waals surface area contributed by atoms with E-state index in [2.05, 4.69) is 19.9 Å². The van der Waals surface area contributed by atoms with Gasteiger partial charge in [-0.1, -0.05) is 20.3 Å². The van der Waals surface area contributed by atoms with Crippen LogP contribution in [0, 0.1) is 17.3 Å². The topological polar surface area (TPSA) is 59.4 Å². The molecule has 3 heteroatoms. The third kappa shape index (κ3) is 2.78. The van der Waals surface area contributed by atoms with Crippen LogP contribution in [-0.4, -0.2) is 11.7 Å². The van der Waals surface area contributed by atoms with E-state index in [1.165, 1.54) is 25.7 Å². The molecule has 3 rings (SSSR count). The molecule has 3 nitrogen and oxygen atoms in total. The molecule has 118 valence electrons. The van der Waals surface area contributed by atoms with Gasteiger partial charge in [-0.15, -0.1) is 0 Å². The largest absolute Gasteiger partial charge is 0.463 e. The number of rotatable bonds is 5. The van der Waals surface area contributed by atoms with Crippen LogP contribution in [-0.2, 0) is 0 Å². The smallest absolute Gasteiger partial charge is 0.133 e. The lowest BCUT2D eigenvalue weighted by Gasteiger charge is -2.42. The van der Waals surface area contributed by atoms with Crippen molar-refractivity contribution in [2.24, 2.45) is 23.0 Å². The normalized spacial score (nSPS) is 37.4. The second kappa shape index (κ2) is 5.77. The Bertz CT molecular complexity index is 473. The molecule has 0 aromatic carbocycles. The van der Waals surface area contributed by atoms with Crippen molar-refractivity contribution in [3.63, 3.8) is 0 Å². The van der Waals surface area contributed by atoms with Gasteiger partial charge in [0.2, 0.25) is 0 Å². The Hall–Kier alpha value is -0.800. The summed E-state index contributed by atoms with van der Waals surface area (Å²) < 4.78 is 5.97. The molecule has 3 atom stereocenters. The average Bonchev–Trinajstić information content (AvgIpc) is 3.05. The minimum absolute atomic E-state index is 0.185. The van der Waals surface area contributed by atoms with Crippen molar-refractivity contribution >= 4 is 0 Å². The molecule has 2 saturated carbocycles. The van der Waals surface area contributed by atoms with Crippen LogP contribution in [0.1, 0.15) is 75.9 Å². The van der Waals surface area contributed by atoms with Crippen molar-refractivity contribution in [1.82, 2.24) is 0 Å². The van der Waals surface area contributed by atoms with Crippen molar-refractivity contribution in [2.75, 3.05) is 6.54 Å². The van der Waals surface area contributed by atoms with Crippen molar-refractivity contribution in [3.05, 3.63) is 23.7 Å². The summed E-state index contributed by atoms with van der Waals surface area (Å²) in [5.74, 6) is 3.87. The van der Waals surface area contributed by atoms with Gasteiger partial charge in [-0.25, -0.2) is 0 Å². The van der Waals surface area contributed by atoms with E-state index in [0.29, 0.717) is 12.5 Å². The van der Waals surface area contributed by atoms with E-state index in [1.807, 2.05) is 6.07 Å². The van der Waals surface area contributed by atoms with Gasteiger partial charge in [0.15, 0.2) is 0 Å². The number of furan rings is 1. The molecule has 0 saturated heterocycles. The third-order valence-corrected chi connectivity index (χ3v) is 6.06. The van der Waals surface area contributed by atoms with Gasteiger partial charge in [-0.3, -0.25) is 0 Å². The molecule has 0 bridgehead atoms. The van der Waals surface area contributed by atoms with E-state index in [9.17, 15) is 5.11 Å². The van der Waals surface area contributed by atoms with Gasteiger partial charge in [0, 0.05) is 17.9 Å². The number of nitrogens with two attached hydrogens (primary N) is 1. The first kappa shape index (κ1) is 15.1. The number of aliphatic hydroxyl groups is 1. The zero-order valence-corrected chi connectivity index (χ0v) is 13.3. The molecule has 0 spiro atoms. The number of hydrogen-bond acceptors (Lipinski definition) is 3. The second-order valence-corrected chi connectivity index (χ2v) is 7.38. The first-order valence-electron chi connectivity index (χ1n) is 8.57.